The van der Waals surface area contributed by atoms with Crippen LogP contribution in [0.5, 0.6) is 5.88 Å². The fourth-order valence-corrected chi connectivity index (χ4v) is 2.53. The molecule has 0 unspecified atom stereocenters. The van der Waals surface area contributed by atoms with Crippen LogP contribution in [0.4, 0.5) is 5.69 Å². The maximum Gasteiger partial charge on any atom is 0.277 e. The minimum Gasteiger partial charge on any atom is -0.481 e. The molecule has 0 saturated heterocycles. The first-order valence-corrected chi connectivity index (χ1v) is 6.86. The highest BCUT2D eigenvalue weighted by molar-refractivity contribution is 6.30. The molecule has 22 heavy (non-hydrogen) atoms. The van der Waals surface area contributed by atoms with Crippen LogP contribution in [0.1, 0.15) is 0 Å². The number of rotatable bonds is 3. The summed E-state index contributed by atoms with van der Waals surface area (Å²) in [5.74, 6) is 0.344. The quantitative estimate of drug-likeness (QED) is 0.528. The van der Waals surface area contributed by atoms with E-state index in [0.29, 0.717) is 27.4 Å². The van der Waals surface area contributed by atoms with E-state index in [1.54, 1.807) is 36.4 Å². The van der Waals surface area contributed by atoms with Crippen LogP contribution >= 0.6 is 11.6 Å². The molecule has 1 aromatic heterocycles. The van der Waals surface area contributed by atoms with Gasteiger partial charge >= 0.3 is 0 Å². The molecule has 3 rings (SSSR count). The van der Waals surface area contributed by atoms with Gasteiger partial charge in [0.1, 0.15) is 0 Å². The summed E-state index contributed by atoms with van der Waals surface area (Å²) in [4.78, 5) is 15.3. The molecule has 5 nitrogen and oxygen atoms in total. The van der Waals surface area contributed by atoms with E-state index in [1.165, 1.54) is 13.2 Å². The predicted molar refractivity (Wildman–Crippen MR) is 85.4 cm³/mol. The Hall–Kier alpha value is -2.66. The third-order valence-corrected chi connectivity index (χ3v) is 3.56. The van der Waals surface area contributed by atoms with Crippen LogP contribution in [0.25, 0.3) is 22.0 Å². The van der Waals surface area contributed by atoms with Crippen molar-refractivity contribution in [2.75, 3.05) is 7.11 Å². The average Bonchev–Trinajstić information content (AvgIpc) is 2.53. The maximum atomic E-state index is 11.2. The lowest BCUT2D eigenvalue weighted by molar-refractivity contribution is -0.383. The lowest BCUT2D eigenvalue weighted by atomic mass is 10.1. The predicted octanol–water partition coefficient (Wildman–Crippen LogP) is 4.47. The lowest BCUT2D eigenvalue weighted by Crippen LogP contribution is -1.95. The van der Waals surface area contributed by atoms with Crippen molar-refractivity contribution < 1.29 is 9.66 Å². The maximum absolute atomic E-state index is 11.2. The molecule has 110 valence electrons. The third kappa shape index (κ3) is 2.46. The molecule has 0 aliphatic rings. The van der Waals surface area contributed by atoms with Crippen molar-refractivity contribution in [1.29, 1.82) is 0 Å². The summed E-state index contributed by atoms with van der Waals surface area (Å²) < 4.78 is 5.29. The Bertz CT molecular complexity index is 880. The Morgan fingerprint density at radius 3 is 2.59 bits per heavy atom. The topological polar surface area (TPSA) is 65.3 Å². The summed E-state index contributed by atoms with van der Waals surface area (Å²) in [6.45, 7) is 0. The van der Waals surface area contributed by atoms with Gasteiger partial charge in [-0.3, -0.25) is 10.1 Å². The Kier molecular flexibility index (Phi) is 3.65. The molecule has 2 aromatic carbocycles. The molecule has 0 fully saturated rings. The summed E-state index contributed by atoms with van der Waals surface area (Å²) in [5, 5.41) is 12.9. The number of nitrogens with zero attached hydrogens (tertiary/aromatic N) is 2. The Labute approximate surface area is 131 Å². The first kappa shape index (κ1) is 14.3. The molecule has 0 aliphatic carbocycles. The molecule has 1 heterocycles. The fraction of sp³-hybridized carbons (Fsp3) is 0.0625. The number of hydrogen-bond acceptors (Lipinski definition) is 4. The van der Waals surface area contributed by atoms with E-state index in [4.69, 9.17) is 16.3 Å². The van der Waals surface area contributed by atoms with Gasteiger partial charge in [0.25, 0.3) is 5.69 Å². The molecule has 0 spiro atoms. The SMILES string of the molecule is COc1nc(-c2cccc(Cl)c2)cc2c([N+](=O)[O-])cccc12. The Balaban J connectivity index is 2.33. The number of non-ortho nitro benzene ring substituents is 1. The molecule has 0 saturated carbocycles. The van der Waals surface area contributed by atoms with Crippen molar-refractivity contribution in [3.05, 3.63) is 63.7 Å². The van der Waals surface area contributed by atoms with Crippen LogP contribution < -0.4 is 4.74 Å². The summed E-state index contributed by atoms with van der Waals surface area (Å²) in [6, 6.07) is 13.7. The van der Waals surface area contributed by atoms with Crippen molar-refractivity contribution >= 4 is 28.1 Å². The zero-order valence-corrected chi connectivity index (χ0v) is 12.4. The van der Waals surface area contributed by atoms with E-state index in [0.717, 1.165) is 5.56 Å². The van der Waals surface area contributed by atoms with Crippen LogP contribution in [0, 0.1) is 10.1 Å². The molecular formula is C16H11ClN2O3. The number of fused-ring (bicyclic) bond motifs is 1. The summed E-state index contributed by atoms with van der Waals surface area (Å²) in [5.41, 5.74) is 1.36. The molecular weight excluding hydrogens is 304 g/mol. The Morgan fingerprint density at radius 1 is 1.14 bits per heavy atom. The van der Waals surface area contributed by atoms with Gasteiger partial charge in [0.05, 0.1) is 28.5 Å². The molecule has 0 radical (unpaired) electrons. The number of hydrogen-bond donors (Lipinski definition) is 0. The van der Waals surface area contributed by atoms with Crippen LogP contribution in [0.3, 0.4) is 0 Å². The number of ether oxygens (including phenoxy) is 1. The van der Waals surface area contributed by atoms with Gasteiger partial charge in [0.2, 0.25) is 5.88 Å². The third-order valence-electron chi connectivity index (χ3n) is 3.33. The number of methoxy groups -OCH3 is 1. The van der Waals surface area contributed by atoms with E-state index in [1.807, 2.05) is 6.07 Å². The first-order chi connectivity index (χ1) is 10.6. The standard InChI is InChI=1S/C16H11ClN2O3/c1-22-16-12-6-3-7-15(19(20)21)13(12)9-14(18-16)10-4-2-5-11(17)8-10/h2-9H,1H3. The van der Waals surface area contributed by atoms with Gasteiger partial charge in [0, 0.05) is 16.7 Å². The van der Waals surface area contributed by atoms with Gasteiger partial charge in [-0.05, 0) is 24.3 Å². The fourth-order valence-electron chi connectivity index (χ4n) is 2.34. The number of pyridine rings is 1. The van der Waals surface area contributed by atoms with E-state index < -0.39 is 4.92 Å². The van der Waals surface area contributed by atoms with Gasteiger partial charge in [-0.15, -0.1) is 0 Å². The number of aromatic nitrogens is 1. The van der Waals surface area contributed by atoms with Gasteiger partial charge in [-0.2, -0.15) is 0 Å². The highest BCUT2D eigenvalue weighted by atomic mass is 35.5. The average molecular weight is 315 g/mol. The zero-order valence-electron chi connectivity index (χ0n) is 11.6. The van der Waals surface area contributed by atoms with Crippen molar-refractivity contribution in [2.24, 2.45) is 0 Å². The first-order valence-electron chi connectivity index (χ1n) is 6.48. The van der Waals surface area contributed by atoms with Crippen LogP contribution in [0.2, 0.25) is 5.02 Å². The molecule has 0 amide bonds. The monoisotopic (exact) mass is 314 g/mol. The molecule has 0 bridgehead atoms. The second kappa shape index (κ2) is 5.61. The van der Waals surface area contributed by atoms with E-state index >= 15 is 0 Å². The van der Waals surface area contributed by atoms with Crippen molar-refractivity contribution in [1.82, 2.24) is 4.98 Å². The number of benzene rings is 2. The van der Waals surface area contributed by atoms with Crippen molar-refractivity contribution in [3.63, 3.8) is 0 Å². The van der Waals surface area contributed by atoms with Crippen LogP contribution in [-0.4, -0.2) is 17.0 Å². The minimum absolute atomic E-state index is 0.0153. The van der Waals surface area contributed by atoms with E-state index in [-0.39, 0.29) is 5.69 Å². The summed E-state index contributed by atoms with van der Waals surface area (Å²) >= 11 is 6.00. The zero-order chi connectivity index (χ0) is 15.7. The van der Waals surface area contributed by atoms with Gasteiger partial charge in [-0.1, -0.05) is 29.8 Å². The molecule has 3 aromatic rings. The molecule has 0 atom stereocenters. The highest BCUT2D eigenvalue weighted by Gasteiger charge is 2.17. The smallest absolute Gasteiger partial charge is 0.277 e. The van der Waals surface area contributed by atoms with Crippen LogP contribution in [0.15, 0.2) is 48.5 Å². The second-order valence-electron chi connectivity index (χ2n) is 4.66. The van der Waals surface area contributed by atoms with E-state index in [2.05, 4.69) is 4.98 Å². The summed E-state index contributed by atoms with van der Waals surface area (Å²) in [6.07, 6.45) is 0. The van der Waals surface area contributed by atoms with Gasteiger partial charge < -0.3 is 4.74 Å². The van der Waals surface area contributed by atoms with Crippen molar-refractivity contribution in [2.45, 2.75) is 0 Å². The van der Waals surface area contributed by atoms with Gasteiger partial charge in [-0.25, -0.2) is 4.98 Å². The number of nitro benzene ring substituents is 1. The largest absolute Gasteiger partial charge is 0.481 e. The highest BCUT2D eigenvalue weighted by Crippen LogP contribution is 2.34. The lowest BCUT2D eigenvalue weighted by Gasteiger charge is -2.09. The minimum atomic E-state index is -0.413. The van der Waals surface area contributed by atoms with E-state index in [9.17, 15) is 10.1 Å². The summed E-state index contributed by atoms with van der Waals surface area (Å²) in [7, 11) is 1.49. The molecule has 0 N–H and O–H groups in total. The second-order valence-corrected chi connectivity index (χ2v) is 5.09. The van der Waals surface area contributed by atoms with Crippen molar-refractivity contribution in [3.8, 4) is 17.1 Å². The van der Waals surface area contributed by atoms with Crippen LogP contribution in [-0.2, 0) is 0 Å². The molecule has 0 aliphatic heterocycles. The number of nitro groups is 1. The normalized spacial score (nSPS) is 10.6. The number of halogens is 1. The van der Waals surface area contributed by atoms with Gasteiger partial charge in [0.15, 0.2) is 0 Å². The molecule has 6 heteroatoms. The Morgan fingerprint density at radius 2 is 1.91 bits per heavy atom.